The average molecular weight is 232 g/mol. The minimum Gasteiger partial charge on any atom is -0.0628 e. The summed E-state index contributed by atoms with van der Waals surface area (Å²) in [5.74, 6) is 12.2. The Morgan fingerprint density at radius 2 is 1.12 bits per heavy atom. The van der Waals surface area contributed by atoms with E-state index in [0.717, 1.165) is 29.6 Å². The Hall–Kier alpha value is 0. The van der Waals surface area contributed by atoms with Gasteiger partial charge >= 0.3 is 0 Å². The quantitative estimate of drug-likeness (QED) is 0.665. The van der Waals surface area contributed by atoms with E-state index < -0.39 is 0 Å². The third kappa shape index (κ3) is 1.00. The van der Waals surface area contributed by atoms with Crippen LogP contribution >= 0.6 is 0 Å². The minimum absolute atomic E-state index is 0.913. The predicted molar refractivity (Wildman–Crippen MR) is 71.4 cm³/mol. The Morgan fingerprint density at radius 1 is 0.647 bits per heavy atom. The van der Waals surface area contributed by atoms with E-state index in [9.17, 15) is 0 Å². The van der Waals surface area contributed by atoms with Gasteiger partial charge in [0, 0.05) is 0 Å². The Bertz CT molecular complexity index is 344. The van der Waals surface area contributed by atoms with Crippen LogP contribution in [0.3, 0.4) is 0 Å². The van der Waals surface area contributed by atoms with E-state index in [0.29, 0.717) is 0 Å². The lowest BCUT2D eigenvalue weighted by molar-refractivity contribution is -0.369. The third-order valence-electron chi connectivity index (χ3n) is 7.68. The highest BCUT2D eigenvalue weighted by Crippen LogP contribution is 2.82. The molecule has 4 aliphatic rings. The molecule has 4 saturated carbocycles. The molecular formula is C17H28. The Balaban J connectivity index is 1.49. The van der Waals surface area contributed by atoms with Gasteiger partial charge in [-0.1, -0.05) is 34.6 Å². The van der Waals surface area contributed by atoms with Crippen LogP contribution in [0.5, 0.6) is 0 Å². The lowest BCUT2D eigenvalue weighted by atomic mass is 9.21. The van der Waals surface area contributed by atoms with Crippen LogP contribution in [0.15, 0.2) is 0 Å². The van der Waals surface area contributed by atoms with Crippen LogP contribution in [0.2, 0.25) is 0 Å². The standard InChI is InChI=1S/C17H28/c1-7(2)6-11-10(5)14-15(11)17-13-9(4)8(3)12(13)16(14)17/h7-17H,6H2,1-5H3. The third-order valence-corrected chi connectivity index (χ3v) is 7.68. The van der Waals surface area contributed by atoms with E-state index in [2.05, 4.69) is 34.6 Å². The number of fused-ring (bicyclic) bond motifs is 7. The van der Waals surface area contributed by atoms with Gasteiger partial charge in [0.25, 0.3) is 0 Å². The molecule has 4 fully saturated rings. The fourth-order valence-electron chi connectivity index (χ4n) is 6.91. The van der Waals surface area contributed by atoms with Gasteiger partial charge in [0.1, 0.15) is 0 Å². The fourth-order valence-corrected chi connectivity index (χ4v) is 6.91. The maximum atomic E-state index is 2.56. The average Bonchev–Trinajstić information content (AvgIpc) is 2.26. The molecule has 0 saturated heterocycles. The predicted octanol–water partition coefficient (Wildman–Crippen LogP) is 4.31. The van der Waals surface area contributed by atoms with Gasteiger partial charge in [-0.25, -0.2) is 0 Å². The first-order valence-electron chi connectivity index (χ1n) is 8.04. The maximum Gasteiger partial charge on any atom is -0.0312 e. The largest absolute Gasteiger partial charge is 0.0628 e. The maximum absolute atomic E-state index is 2.56. The van der Waals surface area contributed by atoms with Crippen molar-refractivity contribution in [1.82, 2.24) is 0 Å². The molecule has 0 heteroatoms. The summed E-state index contributed by atoms with van der Waals surface area (Å²) in [6.07, 6.45) is 1.51. The van der Waals surface area contributed by atoms with E-state index in [1.165, 1.54) is 41.9 Å². The van der Waals surface area contributed by atoms with Gasteiger partial charge in [0.05, 0.1) is 0 Å². The summed E-state index contributed by atoms with van der Waals surface area (Å²) >= 11 is 0. The smallest absolute Gasteiger partial charge is 0.0312 e. The number of hydrogen-bond acceptors (Lipinski definition) is 0. The van der Waals surface area contributed by atoms with Crippen molar-refractivity contribution in [2.75, 3.05) is 0 Å². The van der Waals surface area contributed by atoms with Crippen LogP contribution in [0.25, 0.3) is 0 Å². The highest BCUT2D eigenvalue weighted by molar-refractivity contribution is 5.25. The summed E-state index contributed by atoms with van der Waals surface area (Å²) in [6, 6.07) is 0. The van der Waals surface area contributed by atoms with E-state index in [1.807, 2.05) is 0 Å². The first-order chi connectivity index (χ1) is 8.04. The summed E-state index contributed by atoms with van der Waals surface area (Å²) in [4.78, 5) is 0. The van der Waals surface area contributed by atoms with Crippen LogP contribution in [0.4, 0.5) is 0 Å². The fraction of sp³-hybridized carbons (Fsp3) is 1.00. The van der Waals surface area contributed by atoms with Gasteiger partial charge < -0.3 is 0 Å². The molecule has 0 radical (unpaired) electrons. The lowest BCUT2D eigenvalue weighted by Crippen LogP contribution is -2.80. The van der Waals surface area contributed by atoms with Crippen molar-refractivity contribution in [3.63, 3.8) is 0 Å². The summed E-state index contributed by atoms with van der Waals surface area (Å²) in [5.41, 5.74) is 0. The summed E-state index contributed by atoms with van der Waals surface area (Å²) in [6.45, 7) is 12.4. The van der Waals surface area contributed by atoms with E-state index in [4.69, 9.17) is 0 Å². The molecule has 96 valence electrons. The molecule has 17 heavy (non-hydrogen) atoms. The zero-order chi connectivity index (χ0) is 12.1. The van der Waals surface area contributed by atoms with Crippen LogP contribution in [0.1, 0.15) is 41.0 Å². The van der Waals surface area contributed by atoms with E-state index in [1.54, 1.807) is 0 Å². The Morgan fingerprint density at radius 3 is 1.65 bits per heavy atom. The molecule has 0 amide bonds. The van der Waals surface area contributed by atoms with Crippen molar-refractivity contribution >= 4 is 0 Å². The molecule has 0 aromatic rings. The minimum atomic E-state index is 0.913. The molecule has 0 bridgehead atoms. The highest BCUT2D eigenvalue weighted by atomic mass is 14.8. The highest BCUT2D eigenvalue weighted by Gasteiger charge is 2.78. The van der Waals surface area contributed by atoms with Crippen molar-refractivity contribution in [2.45, 2.75) is 41.0 Å². The first kappa shape index (κ1) is 10.9. The van der Waals surface area contributed by atoms with Crippen molar-refractivity contribution in [3.05, 3.63) is 0 Å². The van der Waals surface area contributed by atoms with Gasteiger partial charge in [-0.05, 0) is 71.5 Å². The molecule has 0 spiro atoms. The second-order valence-electron chi connectivity index (χ2n) is 8.33. The second-order valence-corrected chi connectivity index (χ2v) is 8.33. The zero-order valence-electron chi connectivity index (χ0n) is 12.1. The number of rotatable bonds is 2. The van der Waals surface area contributed by atoms with Crippen LogP contribution < -0.4 is 0 Å². The zero-order valence-corrected chi connectivity index (χ0v) is 12.1. The molecule has 0 heterocycles. The first-order valence-corrected chi connectivity index (χ1v) is 8.04. The molecule has 0 aromatic carbocycles. The molecule has 0 aromatic heterocycles. The second kappa shape index (κ2) is 3.11. The topological polar surface area (TPSA) is 0 Å². The van der Waals surface area contributed by atoms with Gasteiger partial charge in [-0.3, -0.25) is 0 Å². The van der Waals surface area contributed by atoms with Gasteiger partial charge in [-0.15, -0.1) is 0 Å². The SMILES string of the molecule is CC(C)CC1C(C)C2C1C1C3C(C)C(C)C3C21. The monoisotopic (exact) mass is 232 g/mol. The molecule has 10 atom stereocenters. The normalized spacial score (nSPS) is 66.7. The lowest BCUT2D eigenvalue weighted by Gasteiger charge is -2.84. The molecule has 0 nitrogen and oxygen atoms in total. The van der Waals surface area contributed by atoms with Crippen LogP contribution in [-0.4, -0.2) is 0 Å². The van der Waals surface area contributed by atoms with Gasteiger partial charge in [0.2, 0.25) is 0 Å². The van der Waals surface area contributed by atoms with Crippen molar-refractivity contribution < 1.29 is 0 Å². The summed E-state index contributed by atoms with van der Waals surface area (Å²) in [5, 5.41) is 0. The Labute approximate surface area is 107 Å². The summed E-state index contributed by atoms with van der Waals surface area (Å²) in [7, 11) is 0. The van der Waals surface area contributed by atoms with Crippen LogP contribution in [0, 0.1) is 65.1 Å². The summed E-state index contributed by atoms with van der Waals surface area (Å²) < 4.78 is 0. The molecule has 0 N–H and O–H groups in total. The van der Waals surface area contributed by atoms with E-state index >= 15 is 0 Å². The molecular weight excluding hydrogens is 204 g/mol. The molecule has 4 aliphatic carbocycles. The molecule has 0 aliphatic heterocycles. The molecule has 10 unspecified atom stereocenters. The Kier molecular flexibility index (Phi) is 1.99. The van der Waals surface area contributed by atoms with E-state index in [-0.39, 0.29) is 0 Å². The van der Waals surface area contributed by atoms with Gasteiger partial charge in [-0.2, -0.15) is 0 Å². The van der Waals surface area contributed by atoms with Gasteiger partial charge in [0.15, 0.2) is 0 Å². The van der Waals surface area contributed by atoms with Crippen molar-refractivity contribution in [3.8, 4) is 0 Å². The van der Waals surface area contributed by atoms with Crippen molar-refractivity contribution in [1.29, 1.82) is 0 Å². The molecule has 4 rings (SSSR count). The van der Waals surface area contributed by atoms with Crippen LogP contribution in [-0.2, 0) is 0 Å². The number of hydrogen-bond donors (Lipinski definition) is 0. The van der Waals surface area contributed by atoms with Crippen molar-refractivity contribution in [2.24, 2.45) is 65.1 Å².